The van der Waals surface area contributed by atoms with Crippen molar-refractivity contribution in [2.24, 2.45) is 0 Å². The first-order chi connectivity index (χ1) is 41.8. The van der Waals surface area contributed by atoms with Gasteiger partial charge >= 0.3 is 371 Å². The number of ether oxygens (including phenoxy) is 2. The van der Waals surface area contributed by atoms with Crippen LogP contribution in [0.3, 0.4) is 0 Å². The second-order valence-electron chi connectivity index (χ2n) is 26.7. The fourth-order valence-electron chi connectivity index (χ4n) is 13.5. The fourth-order valence-corrected chi connectivity index (χ4v) is 14.6. The monoisotopic (exact) mass is 1310 g/mol. The summed E-state index contributed by atoms with van der Waals surface area (Å²) in [4.78, 5) is 5.06. The first kappa shape index (κ1) is 54.6. The molecule has 0 saturated heterocycles. The van der Waals surface area contributed by atoms with Crippen molar-refractivity contribution < 1.29 is 28.8 Å². The van der Waals surface area contributed by atoms with Gasteiger partial charge in [0.1, 0.15) is 11.5 Å². The van der Waals surface area contributed by atoms with Gasteiger partial charge in [-0.1, -0.05) is 60.7 Å². The van der Waals surface area contributed by atoms with Crippen LogP contribution < -0.4 is 9.47 Å². The average Bonchev–Trinajstić information content (AvgIpc) is 1.55. The number of aryl methyl sites for hydroxylation is 1. The molecule has 1 aliphatic heterocycles. The van der Waals surface area contributed by atoms with Crippen LogP contribution in [0.2, 0.25) is 0 Å². The van der Waals surface area contributed by atoms with Crippen molar-refractivity contribution >= 4 is 32.8 Å². The molecule has 4 heterocycles. The number of hydrogen-bond donors (Lipinski definition) is 0. The van der Waals surface area contributed by atoms with Gasteiger partial charge in [-0.3, -0.25) is 0 Å². The maximum atomic E-state index is 6.99. The van der Waals surface area contributed by atoms with E-state index in [1.165, 1.54) is 55.6 Å². The van der Waals surface area contributed by atoms with Crippen LogP contribution >= 0.6 is 0 Å². The van der Waals surface area contributed by atoms with Crippen LogP contribution in [0.5, 0.6) is 23.0 Å². The number of fused-ring (bicyclic) bond motifs is 13. The third kappa shape index (κ3) is 8.76. The quantitative estimate of drug-likeness (QED) is 0.149. The van der Waals surface area contributed by atoms with Gasteiger partial charge < -0.3 is 4.74 Å². The number of nitrogens with zero attached hydrogens (tertiary/aromatic N) is 4. The molecule has 3 aromatic heterocycles. The van der Waals surface area contributed by atoms with E-state index in [0.29, 0.717) is 11.5 Å². The van der Waals surface area contributed by atoms with Gasteiger partial charge in [0.15, 0.2) is 0 Å². The van der Waals surface area contributed by atoms with Crippen LogP contribution in [-0.4, -0.2) is 18.7 Å². The van der Waals surface area contributed by atoms with Gasteiger partial charge in [-0.25, -0.2) is 0 Å². The SMILES string of the molecule is Cc1ccnc(-n2c3[c-]c(Oc4[c-]c(-n5[c](=[Pt])n(-c6c(-c7ccccc7)cc(C(C)(C)C)cc6-c6cc(C(C)(C)C)cc(C(C)(C)C)c6)c6ccccc65)ccc4)ccc3c3cc4c(cc32)C2(c3ccccc3Oc3ccccc32)c2ccccc2-4)c1. The smallest absolute Gasteiger partial charge is 0.457 e. The summed E-state index contributed by atoms with van der Waals surface area (Å²) < 4.78 is 21.8. The van der Waals surface area contributed by atoms with Crippen molar-refractivity contribution in [2.75, 3.05) is 0 Å². The van der Waals surface area contributed by atoms with E-state index < -0.39 is 5.41 Å². The fraction of sp³-hybridized carbons (Fsp3) is 0.175. The topological polar surface area (TPSA) is 46.1 Å². The van der Waals surface area contributed by atoms with Crippen LogP contribution in [0, 0.1) is 22.9 Å². The summed E-state index contributed by atoms with van der Waals surface area (Å²) in [7, 11) is 0. The van der Waals surface area contributed by atoms with E-state index >= 15 is 0 Å². The number of pyridine rings is 1. The molecule has 87 heavy (non-hydrogen) atoms. The van der Waals surface area contributed by atoms with Crippen LogP contribution in [0.4, 0.5) is 0 Å². The summed E-state index contributed by atoms with van der Waals surface area (Å²) >= 11 is 2.54. The summed E-state index contributed by atoms with van der Waals surface area (Å²) in [5.41, 5.74) is 21.9. The zero-order chi connectivity index (χ0) is 59.9. The molecule has 0 fully saturated rings. The minimum Gasteiger partial charge on any atom is -0.457 e. The molecule has 10 aromatic carbocycles. The number of rotatable bonds is 7. The summed E-state index contributed by atoms with van der Waals surface area (Å²) in [5.74, 6) is 3.67. The van der Waals surface area contributed by atoms with Crippen molar-refractivity contribution in [3.05, 3.63) is 279 Å². The molecular weight excluding hydrogens is 1240 g/mol. The molecule has 0 radical (unpaired) electrons. The van der Waals surface area contributed by atoms with Gasteiger partial charge in [0.25, 0.3) is 0 Å². The standard InChI is InChI=1S/C80H66N4O2.Pt/c1-50-37-38-81-75(39-50)84-71-46-58(35-36-60(71)64-47-63-59-27-14-15-28-65(59)80(68(63)48-72(64)84)66-29-16-20-33-73(66)86-74-34-21-17-30-67(74)80)85-57-26-22-25-56(45-57)82-49-83(70-32-19-18-31-69(70)82)76-61(51-23-12-11-13-24-51)43-55(79(8,9)10)44-62(76)52-40-53(77(2,3)4)42-54(41-52)78(5,6)7;/h11-44,47-48H,1-10H3;/q-2;. The number of hydrogen-bond acceptors (Lipinski definition) is 3. The molecular formula is C80H66N4O2Pt-2. The van der Waals surface area contributed by atoms with E-state index in [1.807, 2.05) is 24.4 Å². The number of aromatic nitrogens is 4. The molecule has 7 heteroatoms. The summed E-state index contributed by atoms with van der Waals surface area (Å²) in [5, 5.41) is 2.16. The third-order valence-corrected chi connectivity index (χ3v) is 18.9. The number of para-hydroxylation sites is 4. The van der Waals surface area contributed by atoms with Crippen LogP contribution in [0.15, 0.2) is 219 Å². The van der Waals surface area contributed by atoms with Gasteiger partial charge in [0.2, 0.25) is 0 Å². The summed E-state index contributed by atoms with van der Waals surface area (Å²) in [6.07, 6.45) is 1.90. The second-order valence-corrected chi connectivity index (χ2v) is 27.7. The van der Waals surface area contributed by atoms with Crippen molar-refractivity contribution in [1.82, 2.24) is 18.7 Å². The first-order valence-corrected chi connectivity index (χ1v) is 31.2. The van der Waals surface area contributed by atoms with Gasteiger partial charge in [-0.15, -0.1) is 0 Å². The molecule has 0 N–H and O–H groups in total. The predicted octanol–water partition coefficient (Wildman–Crippen LogP) is 20.4. The molecule has 1 spiro atoms. The van der Waals surface area contributed by atoms with Crippen molar-refractivity contribution in [3.63, 3.8) is 0 Å². The Morgan fingerprint density at radius 3 is 1.70 bits per heavy atom. The minimum absolute atomic E-state index is 0.0782. The molecule has 0 bridgehead atoms. The molecule has 15 rings (SSSR count). The Labute approximate surface area is 520 Å². The number of benzene rings is 10. The Bertz CT molecular complexity index is 4960. The maximum absolute atomic E-state index is 6.99. The molecule has 0 amide bonds. The minimum atomic E-state index is -0.633. The van der Waals surface area contributed by atoms with Crippen molar-refractivity contribution in [1.29, 1.82) is 0 Å². The van der Waals surface area contributed by atoms with E-state index in [9.17, 15) is 0 Å². The Kier molecular flexibility index (Phi) is 12.5. The normalized spacial score (nSPS) is 13.4. The molecule has 6 nitrogen and oxygen atoms in total. The molecule has 0 atom stereocenters. The van der Waals surface area contributed by atoms with Gasteiger partial charge in [0, 0.05) is 17.3 Å². The van der Waals surface area contributed by atoms with E-state index in [1.54, 1.807) is 0 Å². The molecule has 13 aromatic rings. The Balaban J connectivity index is 0.904. The molecule has 2 aliphatic rings. The van der Waals surface area contributed by atoms with E-state index in [0.717, 1.165) is 87.6 Å². The first-order valence-electron chi connectivity index (χ1n) is 30.1. The Hall–Kier alpha value is -9.09. The second kappa shape index (κ2) is 20.0. The van der Waals surface area contributed by atoms with Gasteiger partial charge in [0.05, 0.1) is 5.41 Å². The molecule has 430 valence electrons. The van der Waals surface area contributed by atoms with E-state index in [-0.39, 0.29) is 16.2 Å². The van der Waals surface area contributed by atoms with Crippen molar-refractivity contribution in [2.45, 2.75) is 90.9 Å². The molecule has 0 saturated carbocycles. The van der Waals surface area contributed by atoms with Crippen LogP contribution in [0.1, 0.15) is 107 Å². The van der Waals surface area contributed by atoms with Crippen molar-refractivity contribution in [3.8, 4) is 73.6 Å². The van der Waals surface area contributed by atoms with Gasteiger partial charge in [-0.2, -0.15) is 0 Å². The average molecular weight is 1310 g/mol. The Morgan fingerprint density at radius 1 is 0.448 bits per heavy atom. The zero-order valence-electron chi connectivity index (χ0n) is 50.7. The summed E-state index contributed by atoms with van der Waals surface area (Å²) in [6.45, 7) is 23.0. The predicted molar refractivity (Wildman–Crippen MR) is 351 cm³/mol. The Morgan fingerprint density at radius 2 is 1.03 bits per heavy atom. The van der Waals surface area contributed by atoms with Crippen LogP contribution in [-0.2, 0) is 41.0 Å². The third-order valence-electron chi connectivity index (χ3n) is 17.9. The van der Waals surface area contributed by atoms with Crippen LogP contribution in [0.25, 0.3) is 83.4 Å². The zero-order valence-corrected chi connectivity index (χ0v) is 53.0. The van der Waals surface area contributed by atoms with E-state index in [4.69, 9.17) is 14.5 Å². The van der Waals surface area contributed by atoms with E-state index in [2.05, 4.69) is 309 Å². The van der Waals surface area contributed by atoms with Gasteiger partial charge in [-0.05, 0) is 52.9 Å². The number of imidazole rings is 1. The summed E-state index contributed by atoms with van der Waals surface area (Å²) in [6, 6.07) is 84.8. The molecule has 0 unspecified atom stereocenters. The molecule has 1 aliphatic carbocycles.